The van der Waals surface area contributed by atoms with Gasteiger partial charge < -0.3 is 15.0 Å². The fourth-order valence-electron chi connectivity index (χ4n) is 3.08. The largest absolute Gasteiger partial charge is 0.434 e. The summed E-state index contributed by atoms with van der Waals surface area (Å²) in [5.74, 6) is 0.218. The molecule has 2 heterocycles. The number of anilines is 1. The highest BCUT2D eigenvalue weighted by Gasteiger charge is 2.19. The smallest absolute Gasteiger partial charge is 0.387 e. The van der Waals surface area contributed by atoms with E-state index in [9.17, 15) is 13.6 Å². The lowest BCUT2D eigenvalue weighted by molar-refractivity contribution is -0.0501. The number of para-hydroxylation sites is 1. The highest BCUT2D eigenvalue weighted by molar-refractivity contribution is 5.96. The number of piperazine rings is 1. The van der Waals surface area contributed by atoms with Crippen LogP contribution >= 0.6 is 0 Å². The van der Waals surface area contributed by atoms with Crippen LogP contribution in [0.25, 0.3) is 0 Å². The van der Waals surface area contributed by atoms with Gasteiger partial charge in [-0.3, -0.25) is 9.69 Å². The molecule has 0 atom stereocenters. The number of amides is 1. The molecule has 1 saturated heterocycles. The molecule has 0 unspecified atom stereocenters. The lowest BCUT2D eigenvalue weighted by Gasteiger charge is -2.34. The van der Waals surface area contributed by atoms with Crippen LogP contribution in [0.3, 0.4) is 0 Å². The van der Waals surface area contributed by atoms with E-state index < -0.39 is 12.5 Å². The number of benzene rings is 1. The number of nitrogens with zero attached hydrogens (tertiary/aromatic N) is 4. The minimum atomic E-state index is -2.96. The van der Waals surface area contributed by atoms with E-state index in [1.807, 2.05) is 0 Å². The molecule has 0 radical (unpaired) electrons. The van der Waals surface area contributed by atoms with E-state index in [-0.39, 0.29) is 11.3 Å². The third-order valence-electron chi connectivity index (χ3n) is 4.49. The second-order valence-electron chi connectivity index (χ2n) is 6.36. The van der Waals surface area contributed by atoms with Crippen LogP contribution in [0.5, 0.6) is 5.75 Å². The number of alkyl halides is 2. The van der Waals surface area contributed by atoms with Crippen molar-refractivity contribution in [3.8, 4) is 5.75 Å². The Morgan fingerprint density at radius 1 is 1.11 bits per heavy atom. The van der Waals surface area contributed by atoms with Crippen molar-refractivity contribution in [1.82, 2.24) is 20.2 Å². The molecular formula is C19H23F2N5O2. The standard InChI is InChI=1S/C19H23F2N5O2/c20-18(21)28-16-6-2-1-5-15(16)17(27)22-9-4-10-25-11-13-26(14-12-25)19-23-7-3-8-24-19/h1-3,5-8,18H,4,9-14H2,(H,22,27). The summed E-state index contributed by atoms with van der Waals surface area (Å²) in [6, 6.07) is 7.79. The second kappa shape index (κ2) is 9.93. The van der Waals surface area contributed by atoms with Gasteiger partial charge in [-0.2, -0.15) is 8.78 Å². The summed E-state index contributed by atoms with van der Waals surface area (Å²) in [6.07, 6.45) is 4.25. The van der Waals surface area contributed by atoms with Gasteiger partial charge in [-0.05, 0) is 31.2 Å². The van der Waals surface area contributed by atoms with Gasteiger partial charge in [-0.1, -0.05) is 12.1 Å². The SMILES string of the molecule is O=C(NCCCN1CCN(c2ncccn2)CC1)c1ccccc1OC(F)F. The van der Waals surface area contributed by atoms with Crippen molar-refractivity contribution in [1.29, 1.82) is 0 Å². The monoisotopic (exact) mass is 391 g/mol. The van der Waals surface area contributed by atoms with Crippen molar-refractivity contribution in [3.63, 3.8) is 0 Å². The topological polar surface area (TPSA) is 70.6 Å². The Balaban J connectivity index is 1.38. The molecule has 2 aromatic rings. The van der Waals surface area contributed by atoms with Crippen molar-refractivity contribution in [3.05, 3.63) is 48.3 Å². The highest BCUT2D eigenvalue weighted by Crippen LogP contribution is 2.20. The average molecular weight is 391 g/mol. The highest BCUT2D eigenvalue weighted by atomic mass is 19.3. The molecule has 1 aromatic carbocycles. The van der Waals surface area contributed by atoms with Crippen LogP contribution in [0.15, 0.2) is 42.7 Å². The average Bonchev–Trinajstić information content (AvgIpc) is 2.72. The Bertz CT molecular complexity index is 755. The lowest BCUT2D eigenvalue weighted by Crippen LogP contribution is -2.47. The third kappa shape index (κ3) is 5.59. The number of rotatable bonds is 8. The van der Waals surface area contributed by atoms with Crippen LogP contribution in [-0.4, -0.2) is 66.7 Å². The number of ether oxygens (including phenoxy) is 1. The molecule has 1 N–H and O–H groups in total. The summed E-state index contributed by atoms with van der Waals surface area (Å²) in [6.45, 7) is 1.86. The number of aromatic nitrogens is 2. The molecule has 28 heavy (non-hydrogen) atoms. The molecule has 1 fully saturated rings. The van der Waals surface area contributed by atoms with Crippen LogP contribution in [0, 0.1) is 0 Å². The van der Waals surface area contributed by atoms with Crippen molar-refractivity contribution < 1.29 is 18.3 Å². The normalized spacial score (nSPS) is 14.9. The maximum Gasteiger partial charge on any atom is 0.387 e. The van der Waals surface area contributed by atoms with E-state index in [1.54, 1.807) is 30.6 Å². The minimum absolute atomic E-state index is 0.110. The van der Waals surface area contributed by atoms with Gasteiger partial charge in [0.2, 0.25) is 5.95 Å². The van der Waals surface area contributed by atoms with Gasteiger partial charge >= 0.3 is 6.61 Å². The van der Waals surface area contributed by atoms with Crippen LogP contribution < -0.4 is 15.0 Å². The zero-order valence-corrected chi connectivity index (χ0v) is 15.4. The van der Waals surface area contributed by atoms with Gasteiger partial charge in [0.1, 0.15) is 5.75 Å². The molecule has 9 heteroatoms. The van der Waals surface area contributed by atoms with Gasteiger partial charge in [-0.25, -0.2) is 9.97 Å². The Hall–Kier alpha value is -2.81. The molecule has 7 nitrogen and oxygen atoms in total. The van der Waals surface area contributed by atoms with Crippen LogP contribution in [-0.2, 0) is 0 Å². The summed E-state index contributed by atoms with van der Waals surface area (Å²) in [4.78, 5) is 25.2. The maximum absolute atomic E-state index is 12.4. The zero-order chi connectivity index (χ0) is 19.8. The zero-order valence-electron chi connectivity index (χ0n) is 15.4. The summed E-state index contributed by atoms with van der Waals surface area (Å²) in [5.41, 5.74) is 0.110. The van der Waals surface area contributed by atoms with Gasteiger partial charge in [0.05, 0.1) is 5.56 Å². The molecule has 0 spiro atoms. The van der Waals surface area contributed by atoms with Crippen LogP contribution in [0.2, 0.25) is 0 Å². The van der Waals surface area contributed by atoms with Gasteiger partial charge in [0.25, 0.3) is 5.91 Å². The molecule has 1 aromatic heterocycles. The van der Waals surface area contributed by atoms with E-state index in [0.29, 0.717) is 6.54 Å². The van der Waals surface area contributed by atoms with Gasteiger partial charge in [0.15, 0.2) is 0 Å². The van der Waals surface area contributed by atoms with Crippen LogP contribution in [0.1, 0.15) is 16.8 Å². The first-order chi connectivity index (χ1) is 13.6. The van der Waals surface area contributed by atoms with Gasteiger partial charge in [-0.15, -0.1) is 0 Å². The first kappa shape index (κ1) is 19.9. The fourth-order valence-corrected chi connectivity index (χ4v) is 3.08. The summed E-state index contributed by atoms with van der Waals surface area (Å²) < 4.78 is 29.3. The molecule has 0 saturated carbocycles. The number of carbonyl (C=O) groups is 1. The Labute approximate surface area is 162 Å². The summed E-state index contributed by atoms with van der Waals surface area (Å²) >= 11 is 0. The van der Waals surface area contributed by atoms with E-state index in [4.69, 9.17) is 0 Å². The van der Waals surface area contributed by atoms with E-state index in [2.05, 4.69) is 29.8 Å². The van der Waals surface area contributed by atoms with E-state index in [1.165, 1.54) is 12.1 Å². The quantitative estimate of drug-likeness (QED) is 0.695. The van der Waals surface area contributed by atoms with Crippen molar-refractivity contribution in [2.75, 3.05) is 44.2 Å². The molecule has 150 valence electrons. The summed E-state index contributed by atoms with van der Waals surface area (Å²) in [5, 5.41) is 2.77. The molecular weight excluding hydrogens is 368 g/mol. The van der Waals surface area contributed by atoms with Crippen molar-refractivity contribution in [2.45, 2.75) is 13.0 Å². The van der Waals surface area contributed by atoms with Crippen LogP contribution in [0.4, 0.5) is 14.7 Å². The van der Waals surface area contributed by atoms with Gasteiger partial charge in [0, 0.05) is 45.1 Å². The number of halogens is 2. The lowest BCUT2D eigenvalue weighted by atomic mass is 10.2. The van der Waals surface area contributed by atoms with Crippen molar-refractivity contribution >= 4 is 11.9 Å². The first-order valence-electron chi connectivity index (χ1n) is 9.20. The first-order valence-corrected chi connectivity index (χ1v) is 9.20. The molecule has 1 aliphatic heterocycles. The fraction of sp³-hybridized carbons (Fsp3) is 0.421. The minimum Gasteiger partial charge on any atom is -0.434 e. The number of hydrogen-bond donors (Lipinski definition) is 1. The van der Waals surface area contributed by atoms with Crippen molar-refractivity contribution in [2.24, 2.45) is 0 Å². The molecule has 0 aliphatic carbocycles. The Morgan fingerprint density at radius 3 is 2.54 bits per heavy atom. The predicted molar refractivity (Wildman–Crippen MR) is 101 cm³/mol. The second-order valence-corrected chi connectivity index (χ2v) is 6.36. The predicted octanol–water partition coefficient (Wildman–Crippen LogP) is 2.02. The number of carbonyl (C=O) groups excluding carboxylic acids is 1. The molecule has 1 aliphatic rings. The third-order valence-corrected chi connectivity index (χ3v) is 4.49. The number of hydrogen-bond acceptors (Lipinski definition) is 6. The molecule has 3 rings (SSSR count). The molecule has 0 bridgehead atoms. The maximum atomic E-state index is 12.4. The molecule has 1 amide bonds. The number of nitrogens with one attached hydrogen (secondary N) is 1. The van der Waals surface area contributed by atoms with E-state index >= 15 is 0 Å². The Kier molecular flexibility index (Phi) is 7.07. The summed E-state index contributed by atoms with van der Waals surface area (Å²) in [7, 11) is 0. The van der Waals surface area contributed by atoms with E-state index in [0.717, 1.165) is 45.1 Å². The Morgan fingerprint density at radius 2 is 1.82 bits per heavy atom.